The molecule has 0 bridgehead atoms. The van der Waals surface area contributed by atoms with Gasteiger partial charge in [0, 0.05) is 5.41 Å². The average Bonchev–Trinajstić information content (AvgIpc) is 3.12. The summed E-state index contributed by atoms with van der Waals surface area (Å²) in [6.45, 7) is 4.75. The second-order valence-corrected chi connectivity index (χ2v) is 13.7. The monoisotopic (exact) mass is 596 g/mol. The molecule has 0 nitrogen and oxygen atoms in total. The van der Waals surface area contributed by atoms with Gasteiger partial charge in [0.15, 0.2) is 0 Å². The molecule has 0 aliphatic heterocycles. The lowest BCUT2D eigenvalue weighted by molar-refractivity contribution is 0.645. The fourth-order valence-electron chi connectivity index (χ4n) is 8.59. The molecule has 0 heterocycles. The average molecular weight is 597 g/mol. The van der Waals surface area contributed by atoms with Crippen LogP contribution in [0.2, 0.25) is 0 Å². The second kappa shape index (κ2) is 9.64. The Balaban J connectivity index is 1.32. The SMILES string of the molecule is CC1(C)c2ccc(-c3cccc4c(-c5cccc6ccccc56)c5ccc6ccccc6c5cc34)cc2-c2cccc3cccc1c23. The predicted octanol–water partition coefficient (Wildman–Crippen LogP) is 13.1. The van der Waals surface area contributed by atoms with E-state index in [0.29, 0.717) is 0 Å². The van der Waals surface area contributed by atoms with Crippen LogP contribution in [-0.4, -0.2) is 0 Å². The molecule has 0 radical (unpaired) electrons. The molecule has 0 fully saturated rings. The van der Waals surface area contributed by atoms with Crippen molar-refractivity contribution in [3.63, 3.8) is 0 Å². The standard InChI is InChI=1S/C47H32/c1-47(2)43-26-24-32(27-42(43)38-20-8-14-31-15-9-22-44(47)45(31)38)35-18-10-21-37-41(35)28-40-34-17-6-4-12-30(34)23-25-39(40)46(37)36-19-7-13-29-11-3-5-16-33(29)36/h3-28H,1-2H3. The summed E-state index contributed by atoms with van der Waals surface area (Å²) in [5, 5.41) is 13.0. The van der Waals surface area contributed by atoms with Gasteiger partial charge in [-0.2, -0.15) is 0 Å². The Bertz CT molecular complexity index is 2750. The lowest BCUT2D eigenvalue weighted by Crippen LogP contribution is -2.23. The van der Waals surface area contributed by atoms with Crippen molar-refractivity contribution in [2.24, 2.45) is 0 Å². The molecule has 0 amide bonds. The van der Waals surface area contributed by atoms with E-state index in [4.69, 9.17) is 0 Å². The Labute approximate surface area is 274 Å². The summed E-state index contributed by atoms with van der Waals surface area (Å²) in [5.74, 6) is 0. The van der Waals surface area contributed by atoms with Crippen molar-refractivity contribution in [3.05, 3.63) is 169 Å². The molecule has 10 rings (SSSR count). The van der Waals surface area contributed by atoms with E-state index < -0.39 is 0 Å². The van der Waals surface area contributed by atoms with Gasteiger partial charge in [-0.1, -0.05) is 159 Å². The van der Waals surface area contributed by atoms with E-state index in [1.54, 1.807) is 0 Å². The zero-order valence-corrected chi connectivity index (χ0v) is 26.5. The molecule has 1 aliphatic carbocycles. The number of fused-ring (bicyclic) bond motifs is 7. The van der Waals surface area contributed by atoms with E-state index in [0.717, 1.165) is 0 Å². The van der Waals surface area contributed by atoms with Gasteiger partial charge >= 0.3 is 0 Å². The summed E-state index contributed by atoms with van der Waals surface area (Å²) >= 11 is 0. The molecular weight excluding hydrogens is 565 g/mol. The lowest BCUT2D eigenvalue weighted by Gasteiger charge is -2.35. The maximum atomic E-state index is 2.46. The van der Waals surface area contributed by atoms with Crippen LogP contribution in [0, 0.1) is 0 Å². The Kier molecular flexibility index (Phi) is 5.44. The highest BCUT2D eigenvalue weighted by Gasteiger charge is 2.33. The van der Waals surface area contributed by atoms with Gasteiger partial charge in [-0.15, -0.1) is 0 Å². The lowest BCUT2D eigenvalue weighted by atomic mass is 9.68. The largest absolute Gasteiger partial charge is 0.0616 e. The van der Waals surface area contributed by atoms with Crippen LogP contribution in [0.5, 0.6) is 0 Å². The number of hydrogen-bond donors (Lipinski definition) is 0. The Morgan fingerprint density at radius 1 is 0.340 bits per heavy atom. The van der Waals surface area contributed by atoms with Gasteiger partial charge in [0.2, 0.25) is 0 Å². The molecule has 0 aromatic heterocycles. The molecule has 9 aromatic rings. The van der Waals surface area contributed by atoms with Crippen LogP contribution in [0.1, 0.15) is 25.0 Å². The Hall–Kier alpha value is -5.72. The van der Waals surface area contributed by atoms with Gasteiger partial charge in [-0.05, 0) is 111 Å². The van der Waals surface area contributed by atoms with Gasteiger partial charge in [-0.3, -0.25) is 0 Å². The molecule has 0 heteroatoms. The van der Waals surface area contributed by atoms with E-state index in [9.17, 15) is 0 Å². The molecule has 0 saturated carbocycles. The third-order valence-corrected chi connectivity index (χ3v) is 10.8. The second-order valence-electron chi connectivity index (χ2n) is 13.7. The van der Waals surface area contributed by atoms with Crippen LogP contribution in [0.25, 0.3) is 87.2 Å². The maximum absolute atomic E-state index is 2.46. The molecular formula is C47H32. The fraction of sp³-hybridized carbons (Fsp3) is 0.0638. The van der Waals surface area contributed by atoms with Crippen molar-refractivity contribution in [2.75, 3.05) is 0 Å². The minimum atomic E-state index is -0.0862. The molecule has 0 atom stereocenters. The van der Waals surface area contributed by atoms with Crippen LogP contribution in [-0.2, 0) is 5.41 Å². The molecule has 0 unspecified atom stereocenters. The molecule has 0 spiro atoms. The summed E-state index contributed by atoms with van der Waals surface area (Å²) in [4.78, 5) is 0. The zero-order chi connectivity index (χ0) is 31.3. The highest BCUT2D eigenvalue weighted by Crippen LogP contribution is 2.50. The first-order valence-corrected chi connectivity index (χ1v) is 16.6. The summed E-state index contributed by atoms with van der Waals surface area (Å²) in [5.41, 5.74) is 10.5. The summed E-state index contributed by atoms with van der Waals surface area (Å²) in [6, 6.07) is 59.0. The minimum absolute atomic E-state index is 0.0862. The van der Waals surface area contributed by atoms with E-state index in [-0.39, 0.29) is 5.41 Å². The van der Waals surface area contributed by atoms with Crippen LogP contribution >= 0.6 is 0 Å². The van der Waals surface area contributed by atoms with Crippen molar-refractivity contribution < 1.29 is 0 Å². The smallest absolute Gasteiger partial charge is 0.0159 e. The van der Waals surface area contributed by atoms with E-state index in [2.05, 4.69) is 172 Å². The highest BCUT2D eigenvalue weighted by atomic mass is 14.4. The van der Waals surface area contributed by atoms with Crippen molar-refractivity contribution in [2.45, 2.75) is 19.3 Å². The van der Waals surface area contributed by atoms with Gasteiger partial charge < -0.3 is 0 Å². The van der Waals surface area contributed by atoms with Crippen molar-refractivity contribution in [1.82, 2.24) is 0 Å². The minimum Gasteiger partial charge on any atom is -0.0616 e. The first-order chi connectivity index (χ1) is 23.1. The Morgan fingerprint density at radius 3 is 1.81 bits per heavy atom. The van der Waals surface area contributed by atoms with Gasteiger partial charge in [0.05, 0.1) is 0 Å². The fourth-order valence-corrected chi connectivity index (χ4v) is 8.59. The number of rotatable bonds is 2. The topological polar surface area (TPSA) is 0 Å². The summed E-state index contributed by atoms with van der Waals surface area (Å²) in [7, 11) is 0. The quantitative estimate of drug-likeness (QED) is 0.138. The van der Waals surface area contributed by atoms with Crippen molar-refractivity contribution >= 4 is 53.9 Å². The number of hydrogen-bond acceptors (Lipinski definition) is 0. The Morgan fingerprint density at radius 2 is 0.957 bits per heavy atom. The molecule has 0 N–H and O–H groups in total. The molecule has 47 heavy (non-hydrogen) atoms. The summed E-state index contributed by atoms with van der Waals surface area (Å²) in [6.07, 6.45) is 0. The van der Waals surface area contributed by atoms with Crippen LogP contribution in [0.15, 0.2) is 158 Å². The van der Waals surface area contributed by atoms with E-state index in [1.165, 1.54) is 98.4 Å². The highest BCUT2D eigenvalue weighted by molar-refractivity contribution is 6.24. The van der Waals surface area contributed by atoms with Gasteiger partial charge in [0.1, 0.15) is 0 Å². The predicted molar refractivity (Wildman–Crippen MR) is 202 cm³/mol. The third kappa shape index (κ3) is 3.70. The van der Waals surface area contributed by atoms with Crippen molar-refractivity contribution in [3.8, 4) is 33.4 Å². The molecule has 0 saturated heterocycles. The van der Waals surface area contributed by atoms with Crippen LogP contribution in [0.3, 0.4) is 0 Å². The van der Waals surface area contributed by atoms with Gasteiger partial charge in [-0.25, -0.2) is 0 Å². The van der Waals surface area contributed by atoms with Crippen molar-refractivity contribution in [1.29, 1.82) is 0 Å². The molecule has 9 aromatic carbocycles. The molecule has 1 aliphatic rings. The third-order valence-electron chi connectivity index (χ3n) is 10.8. The van der Waals surface area contributed by atoms with Crippen LogP contribution < -0.4 is 0 Å². The zero-order valence-electron chi connectivity index (χ0n) is 26.5. The van der Waals surface area contributed by atoms with Gasteiger partial charge in [0.25, 0.3) is 0 Å². The first kappa shape index (κ1) is 26.5. The van der Waals surface area contributed by atoms with Crippen LogP contribution in [0.4, 0.5) is 0 Å². The summed E-state index contributed by atoms with van der Waals surface area (Å²) < 4.78 is 0. The van der Waals surface area contributed by atoms with E-state index >= 15 is 0 Å². The normalized spacial score (nSPS) is 13.5. The molecule has 220 valence electrons. The van der Waals surface area contributed by atoms with E-state index in [1.807, 2.05) is 0 Å². The number of benzene rings is 9. The first-order valence-electron chi connectivity index (χ1n) is 16.6. The maximum Gasteiger partial charge on any atom is 0.0159 e.